The average molecular weight is 150 g/mol. The van der Waals surface area contributed by atoms with Crippen LogP contribution < -0.4 is 0 Å². The van der Waals surface area contributed by atoms with Gasteiger partial charge in [-0.2, -0.15) is 0 Å². The Morgan fingerprint density at radius 1 is 1.00 bits per heavy atom. The van der Waals surface area contributed by atoms with Crippen molar-refractivity contribution in [3.05, 3.63) is 36.5 Å². The van der Waals surface area contributed by atoms with E-state index in [1.54, 1.807) is 24.3 Å². The van der Waals surface area contributed by atoms with E-state index in [0.29, 0.717) is 6.29 Å². The second kappa shape index (κ2) is 6.68. The standard InChI is InChI=1S/C9H10O2/c1-9(11)7-5-3-2-4-6-8-10/h2-8H,1H3/b3-2+,6-4+,7-5+. The van der Waals surface area contributed by atoms with Crippen molar-refractivity contribution in [3.8, 4) is 0 Å². The largest absolute Gasteiger partial charge is 0.299 e. The van der Waals surface area contributed by atoms with Gasteiger partial charge in [0.2, 0.25) is 0 Å². The highest BCUT2D eigenvalue weighted by molar-refractivity contribution is 5.87. The Hall–Kier alpha value is -1.44. The highest BCUT2D eigenvalue weighted by atomic mass is 16.1. The van der Waals surface area contributed by atoms with Gasteiger partial charge in [0, 0.05) is 0 Å². The number of rotatable bonds is 4. The molecule has 0 aliphatic heterocycles. The molecule has 0 radical (unpaired) electrons. The lowest BCUT2D eigenvalue weighted by Crippen LogP contribution is -1.77. The zero-order valence-corrected chi connectivity index (χ0v) is 6.36. The van der Waals surface area contributed by atoms with E-state index in [-0.39, 0.29) is 5.78 Å². The van der Waals surface area contributed by atoms with Gasteiger partial charge in [-0.05, 0) is 19.1 Å². The topological polar surface area (TPSA) is 34.1 Å². The van der Waals surface area contributed by atoms with E-state index in [2.05, 4.69) is 0 Å². The van der Waals surface area contributed by atoms with Crippen LogP contribution in [0.25, 0.3) is 0 Å². The van der Waals surface area contributed by atoms with E-state index in [0.717, 1.165) is 0 Å². The Morgan fingerprint density at radius 3 is 2.09 bits per heavy atom. The van der Waals surface area contributed by atoms with E-state index in [9.17, 15) is 9.59 Å². The van der Waals surface area contributed by atoms with Gasteiger partial charge in [-0.1, -0.05) is 24.3 Å². The molecule has 0 aliphatic rings. The van der Waals surface area contributed by atoms with Crippen molar-refractivity contribution >= 4 is 12.1 Å². The molecular formula is C9H10O2. The first-order valence-electron chi connectivity index (χ1n) is 3.23. The Bertz CT molecular complexity index is 210. The molecule has 2 nitrogen and oxygen atoms in total. The SMILES string of the molecule is CC(=O)/C=C/C=C/C=C/C=O. The van der Waals surface area contributed by atoms with Gasteiger partial charge in [-0.15, -0.1) is 0 Å². The molecular weight excluding hydrogens is 140 g/mol. The zero-order valence-electron chi connectivity index (χ0n) is 6.36. The van der Waals surface area contributed by atoms with Crippen LogP contribution >= 0.6 is 0 Å². The van der Waals surface area contributed by atoms with Gasteiger partial charge in [-0.3, -0.25) is 9.59 Å². The maximum Gasteiger partial charge on any atom is 0.152 e. The van der Waals surface area contributed by atoms with Gasteiger partial charge in [0.1, 0.15) is 6.29 Å². The summed E-state index contributed by atoms with van der Waals surface area (Å²) in [6.07, 6.45) is 10.1. The average Bonchev–Trinajstić information content (AvgIpc) is 1.96. The number of carbonyl (C=O) groups is 2. The normalized spacial score (nSPS) is 11.7. The van der Waals surface area contributed by atoms with Gasteiger partial charge in [0.05, 0.1) is 0 Å². The van der Waals surface area contributed by atoms with Crippen LogP contribution in [0, 0.1) is 0 Å². The molecule has 0 bridgehead atoms. The predicted molar refractivity (Wildman–Crippen MR) is 44.2 cm³/mol. The molecule has 0 saturated heterocycles. The summed E-state index contributed by atoms with van der Waals surface area (Å²) >= 11 is 0. The number of hydrogen-bond acceptors (Lipinski definition) is 2. The smallest absolute Gasteiger partial charge is 0.152 e. The Morgan fingerprint density at radius 2 is 1.55 bits per heavy atom. The van der Waals surface area contributed by atoms with E-state index >= 15 is 0 Å². The molecule has 0 unspecified atom stereocenters. The minimum absolute atomic E-state index is 0.00835. The third-order valence-corrected chi connectivity index (χ3v) is 0.854. The van der Waals surface area contributed by atoms with Crippen LogP contribution in [0.1, 0.15) is 6.92 Å². The van der Waals surface area contributed by atoms with Crippen LogP contribution in [0.4, 0.5) is 0 Å². The van der Waals surface area contributed by atoms with Crippen molar-refractivity contribution in [1.29, 1.82) is 0 Å². The molecule has 0 spiro atoms. The van der Waals surface area contributed by atoms with Gasteiger partial charge >= 0.3 is 0 Å². The van der Waals surface area contributed by atoms with E-state index in [1.807, 2.05) is 0 Å². The van der Waals surface area contributed by atoms with Crippen LogP contribution in [-0.4, -0.2) is 12.1 Å². The van der Waals surface area contributed by atoms with Crippen LogP contribution in [0.2, 0.25) is 0 Å². The fourth-order valence-electron chi connectivity index (χ4n) is 0.429. The lowest BCUT2D eigenvalue weighted by atomic mass is 10.3. The first-order valence-corrected chi connectivity index (χ1v) is 3.23. The fraction of sp³-hybridized carbons (Fsp3) is 0.111. The molecule has 0 fully saturated rings. The third kappa shape index (κ3) is 8.56. The highest BCUT2D eigenvalue weighted by Gasteiger charge is 1.75. The summed E-state index contributed by atoms with van der Waals surface area (Å²) in [5.41, 5.74) is 0. The number of hydrogen-bond donors (Lipinski definition) is 0. The van der Waals surface area contributed by atoms with Crippen molar-refractivity contribution in [2.24, 2.45) is 0 Å². The molecule has 0 saturated carbocycles. The summed E-state index contributed by atoms with van der Waals surface area (Å²) in [4.78, 5) is 20.1. The molecule has 11 heavy (non-hydrogen) atoms. The third-order valence-electron chi connectivity index (χ3n) is 0.854. The van der Waals surface area contributed by atoms with Crippen LogP contribution in [0.5, 0.6) is 0 Å². The second-order valence-corrected chi connectivity index (χ2v) is 1.88. The molecule has 2 heteroatoms. The molecule has 0 atom stereocenters. The first-order chi connectivity index (χ1) is 5.27. The van der Waals surface area contributed by atoms with Crippen molar-refractivity contribution < 1.29 is 9.59 Å². The highest BCUT2D eigenvalue weighted by Crippen LogP contribution is 1.79. The molecule has 0 aliphatic carbocycles. The van der Waals surface area contributed by atoms with Gasteiger partial charge in [0.15, 0.2) is 5.78 Å². The Balaban J connectivity index is 3.68. The maximum atomic E-state index is 10.3. The quantitative estimate of drug-likeness (QED) is 0.345. The summed E-state index contributed by atoms with van der Waals surface area (Å²) in [5.74, 6) is 0.00835. The van der Waals surface area contributed by atoms with Crippen molar-refractivity contribution in [2.45, 2.75) is 6.92 Å². The number of carbonyl (C=O) groups excluding carboxylic acids is 2. The number of ketones is 1. The van der Waals surface area contributed by atoms with Crippen molar-refractivity contribution in [1.82, 2.24) is 0 Å². The number of allylic oxidation sites excluding steroid dienone is 6. The minimum Gasteiger partial charge on any atom is -0.299 e. The van der Waals surface area contributed by atoms with Gasteiger partial charge < -0.3 is 0 Å². The van der Waals surface area contributed by atoms with E-state index in [1.165, 1.54) is 19.1 Å². The lowest BCUT2D eigenvalue weighted by Gasteiger charge is -1.73. The van der Waals surface area contributed by atoms with E-state index in [4.69, 9.17) is 0 Å². The molecule has 0 aromatic carbocycles. The Kier molecular flexibility index (Phi) is 5.80. The van der Waals surface area contributed by atoms with Crippen molar-refractivity contribution in [2.75, 3.05) is 0 Å². The molecule has 0 rings (SSSR count). The van der Waals surface area contributed by atoms with Gasteiger partial charge in [-0.25, -0.2) is 0 Å². The zero-order chi connectivity index (χ0) is 8.53. The van der Waals surface area contributed by atoms with E-state index < -0.39 is 0 Å². The maximum absolute atomic E-state index is 10.3. The summed E-state index contributed by atoms with van der Waals surface area (Å²) in [5, 5.41) is 0. The second-order valence-electron chi connectivity index (χ2n) is 1.88. The summed E-state index contributed by atoms with van der Waals surface area (Å²) in [6, 6.07) is 0. The molecule has 0 amide bonds. The first kappa shape index (κ1) is 9.56. The molecule has 0 aromatic heterocycles. The predicted octanol–water partition coefficient (Wildman–Crippen LogP) is 1.44. The Labute approximate surface area is 65.9 Å². The number of aldehydes is 1. The van der Waals surface area contributed by atoms with Crippen LogP contribution in [-0.2, 0) is 9.59 Å². The molecule has 0 heterocycles. The molecule has 0 N–H and O–H groups in total. The summed E-state index contributed by atoms with van der Waals surface area (Å²) in [6.45, 7) is 1.48. The minimum atomic E-state index is 0.00835. The monoisotopic (exact) mass is 150 g/mol. The molecule has 0 aromatic rings. The van der Waals surface area contributed by atoms with Crippen LogP contribution in [0.15, 0.2) is 36.5 Å². The summed E-state index contributed by atoms with van der Waals surface area (Å²) in [7, 11) is 0. The fourth-order valence-corrected chi connectivity index (χ4v) is 0.429. The molecule has 58 valence electrons. The lowest BCUT2D eigenvalue weighted by molar-refractivity contribution is -0.112. The van der Waals surface area contributed by atoms with Gasteiger partial charge in [0.25, 0.3) is 0 Å². The summed E-state index contributed by atoms with van der Waals surface area (Å²) < 4.78 is 0. The van der Waals surface area contributed by atoms with Crippen molar-refractivity contribution in [3.63, 3.8) is 0 Å². The van der Waals surface area contributed by atoms with Crippen LogP contribution in [0.3, 0.4) is 0 Å².